The predicted molar refractivity (Wildman–Crippen MR) is 101 cm³/mol. The fraction of sp³-hybridized carbons (Fsp3) is 0.467. The maximum absolute atomic E-state index is 12.1. The third kappa shape index (κ3) is 8.61. The number of H-pyrrole nitrogens is 1. The minimum Gasteiger partial charge on any atom is -0.481 e. The van der Waals surface area contributed by atoms with Crippen LogP contribution in [0.3, 0.4) is 0 Å². The summed E-state index contributed by atoms with van der Waals surface area (Å²) in [6.07, 6.45) is 2.27. The van der Waals surface area contributed by atoms with E-state index in [0.29, 0.717) is 5.69 Å². The van der Waals surface area contributed by atoms with Crippen molar-refractivity contribution in [1.29, 1.82) is 0 Å². The third-order valence-electron chi connectivity index (χ3n) is 3.58. The van der Waals surface area contributed by atoms with E-state index >= 15 is 0 Å². The van der Waals surface area contributed by atoms with Gasteiger partial charge in [-0.05, 0) is 0 Å². The number of carbonyl (C=O) groups is 5. The lowest BCUT2D eigenvalue weighted by Gasteiger charge is -2.20. The first kappa shape index (κ1) is 23.9. The van der Waals surface area contributed by atoms with E-state index in [1.165, 1.54) is 12.5 Å². The number of aliphatic carboxylic acids is 2. The molecule has 1 aromatic rings. The van der Waals surface area contributed by atoms with Crippen LogP contribution in [0.4, 0.5) is 0 Å². The second kappa shape index (κ2) is 11.7. The van der Waals surface area contributed by atoms with Crippen LogP contribution in [0.2, 0.25) is 0 Å². The quantitative estimate of drug-likeness (QED) is 0.157. The number of rotatable bonds is 12. The maximum Gasteiger partial charge on any atom is 0.327 e. The number of carboxylic acid groups (broad SMARTS) is 2. The normalized spacial score (nSPS) is 13.6. The van der Waals surface area contributed by atoms with Gasteiger partial charge in [0.05, 0.1) is 25.3 Å². The number of carbonyl (C=O) groups excluding carboxylic acids is 3. The molecule has 3 atom stereocenters. The molecule has 14 heteroatoms. The Morgan fingerprint density at radius 3 is 2.34 bits per heavy atom. The Bertz CT molecular complexity index is 742. The van der Waals surface area contributed by atoms with Gasteiger partial charge in [0.2, 0.25) is 17.7 Å². The molecule has 0 saturated carbocycles. The highest BCUT2D eigenvalue weighted by Gasteiger charge is 2.28. The highest BCUT2D eigenvalue weighted by molar-refractivity contribution is 7.80. The molecular formula is C15H22N6O7S. The van der Waals surface area contributed by atoms with Gasteiger partial charge in [-0.15, -0.1) is 0 Å². The van der Waals surface area contributed by atoms with Gasteiger partial charge in [-0.25, -0.2) is 9.78 Å². The van der Waals surface area contributed by atoms with Crippen molar-refractivity contribution in [3.05, 3.63) is 18.2 Å². The molecule has 1 heterocycles. The number of nitrogens with two attached hydrogens (primary N) is 1. The third-order valence-corrected chi connectivity index (χ3v) is 3.95. The van der Waals surface area contributed by atoms with Gasteiger partial charge in [0.15, 0.2) is 0 Å². The summed E-state index contributed by atoms with van der Waals surface area (Å²) in [6, 6.07) is -3.87. The van der Waals surface area contributed by atoms with Crippen molar-refractivity contribution in [2.24, 2.45) is 5.73 Å². The molecule has 1 aromatic heterocycles. The van der Waals surface area contributed by atoms with Gasteiger partial charge in [0.1, 0.15) is 12.1 Å². The second-order valence-electron chi connectivity index (χ2n) is 5.91. The summed E-state index contributed by atoms with van der Waals surface area (Å²) in [4.78, 5) is 64.5. The Balaban J connectivity index is 2.58. The molecule has 8 N–H and O–H groups in total. The summed E-state index contributed by atoms with van der Waals surface area (Å²) >= 11 is 3.78. The van der Waals surface area contributed by atoms with E-state index in [1.807, 2.05) is 0 Å². The van der Waals surface area contributed by atoms with E-state index in [9.17, 15) is 24.0 Å². The number of nitrogens with zero attached hydrogens (tertiary/aromatic N) is 1. The number of nitrogens with one attached hydrogen (secondary N) is 4. The first-order valence-electron chi connectivity index (χ1n) is 8.29. The molecule has 0 spiro atoms. The molecule has 0 aliphatic rings. The molecule has 0 saturated heterocycles. The molecule has 3 amide bonds. The van der Waals surface area contributed by atoms with Gasteiger partial charge in [-0.2, -0.15) is 12.6 Å². The van der Waals surface area contributed by atoms with Gasteiger partial charge >= 0.3 is 11.9 Å². The molecule has 0 radical (unpaired) electrons. The monoisotopic (exact) mass is 430 g/mol. The van der Waals surface area contributed by atoms with Crippen LogP contribution in [0.1, 0.15) is 12.1 Å². The van der Waals surface area contributed by atoms with Crippen LogP contribution in [0.15, 0.2) is 12.5 Å². The first-order valence-corrected chi connectivity index (χ1v) is 8.93. The molecule has 0 aliphatic heterocycles. The minimum atomic E-state index is -1.54. The van der Waals surface area contributed by atoms with E-state index < -0.39 is 60.8 Å². The van der Waals surface area contributed by atoms with E-state index in [-0.39, 0.29) is 12.2 Å². The lowest BCUT2D eigenvalue weighted by atomic mass is 10.1. The number of thiol groups is 1. The molecule has 13 nitrogen and oxygen atoms in total. The standard InChI is InChI=1S/C15H22N6O7S/c16-8(1-7-3-17-6-19-7)13(25)18-4-11(22)20-9(2-12(23)24)14(26)21-10(5-29)15(27)28/h3,6,8-10,29H,1-2,4-5,16H2,(H,17,19)(H,18,25)(H,20,22)(H,21,26)(H,23,24)(H,27,28). The van der Waals surface area contributed by atoms with E-state index in [0.717, 1.165) is 0 Å². The van der Waals surface area contributed by atoms with Crippen molar-refractivity contribution >= 4 is 42.3 Å². The Kier molecular flexibility index (Phi) is 9.61. The highest BCUT2D eigenvalue weighted by Crippen LogP contribution is 1.98. The van der Waals surface area contributed by atoms with Crippen molar-refractivity contribution < 1.29 is 34.2 Å². The minimum absolute atomic E-state index is 0.151. The van der Waals surface area contributed by atoms with Gasteiger partial charge in [0, 0.05) is 24.1 Å². The zero-order chi connectivity index (χ0) is 22.0. The Hall–Kier alpha value is -3.13. The largest absolute Gasteiger partial charge is 0.481 e. The van der Waals surface area contributed by atoms with Crippen molar-refractivity contribution in [3.63, 3.8) is 0 Å². The molecule has 160 valence electrons. The summed E-state index contributed by atoms with van der Waals surface area (Å²) in [5.41, 5.74) is 6.33. The Morgan fingerprint density at radius 1 is 1.14 bits per heavy atom. The number of amides is 3. The van der Waals surface area contributed by atoms with Crippen LogP contribution in [-0.2, 0) is 30.4 Å². The van der Waals surface area contributed by atoms with E-state index in [1.54, 1.807) is 0 Å². The van der Waals surface area contributed by atoms with Crippen LogP contribution in [0, 0.1) is 0 Å². The van der Waals surface area contributed by atoms with E-state index in [4.69, 9.17) is 15.9 Å². The summed E-state index contributed by atoms with van der Waals surface area (Å²) in [6.45, 7) is -0.562. The Labute approximate surface area is 170 Å². The van der Waals surface area contributed by atoms with Crippen molar-refractivity contribution in [3.8, 4) is 0 Å². The second-order valence-corrected chi connectivity index (χ2v) is 6.27. The molecule has 0 aromatic carbocycles. The van der Waals surface area contributed by atoms with E-state index in [2.05, 4.69) is 38.5 Å². The lowest BCUT2D eigenvalue weighted by Crippen LogP contribution is -2.54. The lowest BCUT2D eigenvalue weighted by molar-refractivity contribution is -0.143. The number of aromatic nitrogens is 2. The molecular weight excluding hydrogens is 408 g/mol. The zero-order valence-corrected chi connectivity index (χ0v) is 16.0. The van der Waals surface area contributed by atoms with Crippen LogP contribution in [0.25, 0.3) is 0 Å². The topological polar surface area (TPSA) is 217 Å². The average molecular weight is 430 g/mol. The average Bonchev–Trinajstić information content (AvgIpc) is 3.15. The molecule has 0 fully saturated rings. The fourth-order valence-corrected chi connectivity index (χ4v) is 2.36. The predicted octanol–water partition coefficient (Wildman–Crippen LogP) is -3.15. The smallest absolute Gasteiger partial charge is 0.327 e. The number of imidazole rings is 1. The van der Waals surface area contributed by atoms with Gasteiger partial charge in [-0.1, -0.05) is 0 Å². The van der Waals surface area contributed by atoms with Gasteiger partial charge in [-0.3, -0.25) is 19.2 Å². The fourth-order valence-electron chi connectivity index (χ4n) is 2.11. The zero-order valence-electron chi connectivity index (χ0n) is 15.1. The van der Waals surface area contributed by atoms with Crippen molar-refractivity contribution in [2.45, 2.75) is 31.0 Å². The van der Waals surface area contributed by atoms with Crippen LogP contribution >= 0.6 is 12.6 Å². The molecule has 3 unspecified atom stereocenters. The van der Waals surface area contributed by atoms with Crippen molar-refractivity contribution in [2.75, 3.05) is 12.3 Å². The molecule has 1 rings (SSSR count). The first-order chi connectivity index (χ1) is 13.6. The molecule has 0 bridgehead atoms. The number of hydrogen-bond donors (Lipinski definition) is 8. The highest BCUT2D eigenvalue weighted by atomic mass is 32.1. The molecule has 0 aliphatic carbocycles. The number of hydrogen-bond acceptors (Lipinski definition) is 8. The van der Waals surface area contributed by atoms with Crippen LogP contribution in [-0.4, -0.2) is 80.3 Å². The van der Waals surface area contributed by atoms with Gasteiger partial charge in [0.25, 0.3) is 0 Å². The van der Waals surface area contributed by atoms with Gasteiger partial charge < -0.3 is 36.9 Å². The van der Waals surface area contributed by atoms with Crippen LogP contribution < -0.4 is 21.7 Å². The number of carboxylic acids is 2. The maximum atomic E-state index is 12.1. The summed E-state index contributed by atoms with van der Waals surface area (Å²) in [5.74, 6) is -5.51. The number of aromatic amines is 1. The summed E-state index contributed by atoms with van der Waals surface area (Å²) in [7, 11) is 0. The summed E-state index contributed by atoms with van der Waals surface area (Å²) < 4.78 is 0. The Morgan fingerprint density at radius 2 is 1.83 bits per heavy atom. The summed E-state index contributed by atoms with van der Waals surface area (Å²) in [5, 5.41) is 24.3. The molecule has 29 heavy (non-hydrogen) atoms. The SMILES string of the molecule is NC(Cc1cnc[nH]1)C(=O)NCC(=O)NC(CC(=O)O)C(=O)NC(CS)C(=O)O. The van der Waals surface area contributed by atoms with Crippen LogP contribution in [0.5, 0.6) is 0 Å². The van der Waals surface area contributed by atoms with Crippen molar-refractivity contribution in [1.82, 2.24) is 25.9 Å².